The van der Waals surface area contributed by atoms with Crippen molar-refractivity contribution in [1.29, 1.82) is 5.26 Å². The smallest absolute Gasteiger partial charge is 0.237 e. The minimum Gasteiger partial charge on any atom is -0.368 e. The van der Waals surface area contributed by atoms with Gasteiger partial charge in [-0.15, -0.1) is 0 Å². The molecule has 0 bridgehead atoms. The Morgan fingerprint density at radius 2 is 1.88 bits per heavy atom. The fourth-order valence-corrected chi connectivity index (χ4v) is 1.24. The van der Waals surface area contributed by atoms with Crippen molar-refractivity contribution in [2.45, 2.75) is 52.5 Å². The number of nitrogens with zero attached hydrogens (tertiary/aromatic N) is 1. The van der Waals surface area contributed by atoms with Crippen molar-refractivity contribution in [3.8, 4) is 6.07 Å². The lowest BCUT2D eigenvalue weighted by atomic mass is 9.89. The van der Waals surface area contributed by atoms with Crippen molar-refractivity contribution in [1.82, 2.24) is 5.32 Å². The Labute approximate surface area is 98.2 Å². The van der Waals surface area contributed by atoms with Crippen LogP contribution in [-0.2, 0) is 4.79 Å². The van der Waals surface area contributed by atoms with E-state index in [1.54, 1.807) is 13.8 Å². The van der Waals surface area contributed by atoms with Crippen molar-refractivity contribution >= 4 is 5.91 Å². The maximum atomic E-state index is 11.0. The number of nitrogens with one attached hydrogen (secondary N) is 1. The number of primary amides is 1. The first-order valence-electron chi connectivity index (χ1n) is 5.67. The molecule has 16 heavy (non-hydrogen) atoms. The van der Waals surface area contributed by atoms with E-state index in [-0.39, 0.29) is 11.3 Å². The second-order valence-corrected chi connectivity index (χ2v) is 5.37. The van der Waals surface area contributed by atoms with Crippen LogP contribution in [0.3, 0.4) is 0 Å². The van der Waals surface area contributed by atoms with Gasteiger partial charge in [-0.2, -0.15) is 5.26 Å². The number of carbonyl (C=O) groups excluding carboxylic acids is 1. The topological polar surface area (TPSA) is 78.9 Å². The van der Waals surface area contributed by atoms with E-state index >= 15 is 0 Å². The summed E-state index contributed by atoms with van der Waals surface area (Å²) in [6.07, 6.45) is 2.80. The number of carbonyl (C=O) groups is 1. The monoisotopic (exact) mass is 225 g/mol. The van der Waals surface area contributed by atoms with Gasteiger partial charge < -0.3 is 11.1 Å². The first-order chi connectivity index (χ1) is 7.21. The van der Waals surface area contributed by atoms with E-state index in [2.05, 4.69) is 11.4 Å². The molecular weight excluding hydrogens is 202 g/mol. The van der Waals surface area contributed by atoms with Crippen molar-refractivity contribution in [3.05, 3.63) is 0 Å². The summed E-state index contributed by atoms with van der Waals surface area (Å²) in [6.45, 7) is 8.17. The third kappa shape index (κ3) is 5.72. The molecule has 0 aromatic carbocycles. The molecule has 0 saturated heterocycles. The molecule has 0 aliphatic carbocycles. The molecule has 0 radical (unpaired) electrons. The molecule has 0 spiro atoms. The number of hydrogen-bond donors (Lipinski definition) is 2. The van der Waals surface area contributed by atoms with Crippen LogP contribution >= 0.6 is 0 Å². The largest absolute Gasteiger partial charge is 0.368 e. The van der Waals surface area contributed by atoms with Crippen LogP contribution in [0.1, 0.15) is 47.0 Å². The average molecular weight is 225 g/mol. The van der Waals surface area contributed by atoms with Crippen LogP contribution in [0.2, 0.25) is 0 Å². The molecule has 4 nitrogen and oxygen atoms in total. The molecule has 0 atom stereocenters. The Morgan fingerprint density at radius 1 is 1.31 bits per heavy atom. The first kappa shape index (κ1) is 14.9. The van der Waals surface area contributed by atoms with E-state index in [0.29, 0.717) is 0 Å². The molecule has 0 heterocycles. The zero-order valence-corrected chi connectivity index (χ0v) is 10.8. The standard InChI is InChI=1S/C12H23N3O/c1-11(2,9-13)7-5-6-8-15-12(3,4)10(14)16/h15H,5-8H2,1-4H3,(H2,14,16). The Hall–Kier alpha value is -1.08. The Kier molecular flexibility index (Phi) is 5.46. The second-order valence-electron chi connectivity index (χ2n) is 5.37. The zero-order chi connectivity index (χ0) is 12.8. The van der Waals surface area contributed by atoms with Gasteiger partial charge in [0.05, 0.1) is 17.0 Å². The lowest BCUT2D eigenvalue weighted by Gasteiger charge is -2.22. The predicted molar refractivity (Wildman–Crippen MR) is 64.5 cm³/mol. The van der Waals surface area contributed by atoms with Gasteiger partial charge in [0.2, 0.25) is 5.91 Å². The molecule has 0 saturated carbocycles. The first-order valence-corrected chi connectivity index (χ1v) is 5.67. The zero-order valence-electron chi connectivity index (χ0n) is 10.8. The highest BCUT2D eigenvalue weighted by atomic mass is 16.1. The molecule has 0 fully saturated rings. The molecule has 0 aromatic heterocycles. The molecule has 92 valence electrons. The highest BCUT2D eigenvalue weighted by molar-refractivity contribution is 5.83. The van der Waals surface area contributed by atoms with E-state index in [1.165, 1.54) is 0 Å². The van der Waals surface area contributed by atoms with Gasteiger partial charge in [-0.05, 0) is 47.1 Å². The van der Waals surface area contributed by atoms with E-state index < -0.39 is 5.54 Å². The Morgan fingerprint density at radius 3 is 2.31 bits per heavy atom. The third-order valence-corrected chi connectivity index (χ3v) is 2.71. The molecular formula is C12H23N3O. The molecule has 3 N–H and O–H groups in total. The molecule has 0 aliphatic rings. The Balaban J connectivity index is 3.71. The van der Waals surface area contributed by atoms with Gasteiger partial charge in [-0.3, -0.25) is 4.79 Å². The summed E-state index contributed by atoms with van der Waals surface area (Å²) < 4.78 is 0. The summed E-state index contributed by atoms with van der Waals surface area (Å²) in [6, 6.07) is 2.27. The molecule has 0 unspecified atom stereocenters. The maximum Gasteiger partial charge on any atom is 0.237 e. The molecule has 0 aliphatic heterocycles. The maximum absolute atomic E-state index is 11.0. The summed E-state index contributed by atoms with van der Waals surface area (Å²) in [7, 11) is 0. The van der Waals surface area contributed by atoms with Crippen molar-refractivity contribution in [3.63, 3.8) is 0 Å². The molecule has 0 aromatic rings. The van der Waals surface area contributed by atoms with Crippen LogP contribution in [0.5, 0.6) is 0 Å². The summed E-state index contributed by atoms with van der Waals surface area (Å²) in [5.74, 6) is -0.343. The SMILES string of the molecule is CC(C)(C#N)CCCCNC(C)(C)C(N)=O. The number of hydrogen-bond acceptors (Lipinski definition) is 3. The van der Waals surface area contributed by atoms with Crippen molar-refractivity contribution in [2.75, 3.05) is 6.54 Å². The molecule has 0 rings (SSSR count). The van der Waals surface area contributed by atoms with Gasteiger partial charge in [-0.1, -0.05) is 6.42 Å². The van der Waals surface area contributed by atoms with Gasteiger partial charge in [0, 0.05) is 0 Å². The molecule has 1 amide bonds. The predicted octanol–water partition coefficient (Wildman–Crippen LogP) is 1.56. The van der Waals surface area contributed by atoms with Gasteiger partial charge >= 0.3 is 0 Å². The summed E-state index contributed by atoms with van der Waals surface area (Å²) >= 11 is 0. The lowest BCUT2D eigenvalue weighted by molar-refractivity contribution is -0.123. The normalized spacial score (nSPS) is 12.2. The number of nitriles is 1. The van der Waals surface area contributed by atoms with Crippen LogP contribution in [0.4, 0.5) is 0 Å². The molecule has 4 heteroatoms. The van der Waals surface area contributed by atoms with E-state index in [9.17, 15) is 4.79 Å². The average Bonchev–Trinajstić information content (AvgIpc) is 2.16. The van der Waals surface area contributed by atoms with Gasteiger partial charge in [0.25, 0.3) is 0 Å². The van der Waals surface area contributed by atoms with Crippen LogP contribution in [0.15, 0.2) is 0 Å². The fraction of sp³-hybridized carbons (Fsp3) is 0.833. The highest BCUT2D eigenvalue weighted by Crippen LogP contribution is 2.21. The van der Waals surface area contributed by atoms with E-state index in [4.69, 9.17) is 11.0 Å². The number of nitrogens with two attached hydrogens (primary N) is 1. The van der Waals surface area contributed by atoms with Crippen molar-refractivity contribution < 1.29 is 4.79 Å². The van der Waals surface area contributed by atoms with Crippen LogP contribution in [0, 0.1) is 16.7 Å². The minimum absolute atomic E-state index is 0.251. The second kappa shape index (κ2) is 5.86. The van der Waals surface area contributed by atoms with Gasteiger partial charge in [0.15, 0.2) is 0 Å². The highest BCUT2D eigenvalue weighted by Gasteiger charge is 2.23. The third-order valence-electron chi connectivity index (χ3n) is 2.71. The van der Waals surface area contributed by atoms with Gasteiger partial charge in [-0.25, -0.2) is 0 Å². The lowest BCUT2D eigenvalue weighted by Crippen LogP contribution is -2.50. The minimum atomic E-state index is -0.648. The van der Waals surface area contributed by atoms with E-state index in [0.717, 1.165) is 25.8 Å². The quantitative estimate of drug-likeness (QED) is 0.645. The van der Waals surface area contributed by atoms with Gasteiger partial charge in [0.1, 0.15) is 0 Å². The summed E-state index contributed by atoms with van der Waals surface area (Å²) in [4.78, 5) is 11.0. The summed E-state index contributed by atoms with van der Waals surface area (Å²) in [5.41, 5.74) is 4.33. The summed E-state index contributed by atoms with van der Waals surface area (Å²) in [5, 5.41) is 11.9. The van der Waals surface area contributed by atoms with Crippen LogP contribution in [-0.4, -0.2) is 18.0 Å². The number of amides is 1. The van der Waals surface area contributed by atoms with Crippen LogP contribution < -0.4 is 11.1 Å². The van der Waals surface area contributed by atoms with Crippen molar-refractivity contribution in [2.24, 2.45) is 11.1 Å². The van der Waals surface area contributed by atoms with E-state index in [1.807, 2.05) is 13.8 Å². The number of rotatable bonds is 7. The fourth-order valence-electron chi connectivity index (χ4n) is 1.24. The number of unbranched alkanes of at least 4 members (excludes halogenated alkanes) is 1. The van der Waals surface area contributed by atoms with Crippen LogP contribution in [0.25, 0.3) is 0 Å². The Bertz CT molecular complexity index is 276.